The summed E-state index contributed by atoms with van der Waals surface area (Å²) in [6, 6.07) is 11.5. The van der Waals surface area contributed by atoms with Crippen molar-refractivity contribution in [2.75, 3.05) is 13.7 Å². The Balaban J connectivity index is 1.91. The Morgan fingerprint density at radius 1 is 1.22 bits per heavy atom. The van der Waals surface area contributed by atoms with Crippen molar-refractivity contribution in [2.45, 2.75) is 13.5 Å². The van der Waals surface area contributed by atoms with Crippen molar-refractivity contribution in [1.29, 1.82) is 0 Å². The van der Waals surface area contributed by atoms with Crippen molar-refractivity contribution in [2.24, 2.45) is 4.99 Å². The van der Waals surface area contributed by atoms with E-state index in [9.17, 15) is 14.0 Å². The summed E-state index contributed by atoms with van der Waals surface area (Å²) >= 11 is 1.28. The zero-order chi connectivity index (χ0) is 19.4. The fourth-order valence-electron chi connectivity index (χ4n) is 2.45. The third-order valence-electron chi connectivity index (χ3n) is 3.76. The van der Waals surface area contributed by atoms with Crippen LogP contribution in [0.2, 0.25) is 0 Å². The number of aryl methyl sites for hydroxylation is 1. The minimum Gasteiger partial charge on any atom is -0.481 e. The van der Waals surface area contributed by atoms with Gasteiger partial charge in [0.05, 0.1) is 17.3 Å². The molecule has 1 amide bonds. The van der Waals surface area contributed by atoms with E-state index in [2.05, 4.69) is 4.99 Å². The monoisotopic (exact) mass is 388 g/mol. The summed E-state index contributed by atoms with van der Waals surface area (Å²) < 4.78 is 26.0. The number of thiazole rings is 1. The number of aromatic nitrogens is 1. The molecule has 0 fully saturated rings. The van der Waals surface area contributed by atoms with Crippen LogP contribution in [0.5, 0.6) is 5.75 Å². The molecule has 0 aliphatic rings. The zero-order valence-electron chi connectivity index (χ0n) is 14.8. The molecule has 140 valence electrons. The van der Waals surface area contributed by atoms with E-state index in [0.29, 0.717) is 4.80 Å². The first-order valence-corrected chi connectivity index (χ1v) is 8.91. The van der Waals surface area contributed by atoms with Gasteiger partial charge in [0.15, 0.2) is 23.0 Å². The smallest absolute Gasteiger partial charge is 0.325 e. The van der Waals surface area contributed by atoms with E-state index in [1.54, 1.807) is 10.6 Å². The van der Waals surface area contributed by atoms with Gasteiger partial charge in [-0.05, 0) is 36.8 Å². The second kappa shape index (κ2) is 8.13. The number of fused-ring (bicyclic) bond motifs is 1. The number of halogens is 1. The van der Waals surface area contributed by atoms with Crippen LogP contribution in [-0.2, 0) is 20.9 Å². The number of hydrogen-bond acceptors (Lipinski definition) is 5. The molecule has 0 unspecified atom stereocenters. The number of rotatable bonds is 5. The number of esters is 1. The van der Waals surface area contributed by atoms with Gasteiger partial charge in [-0.25, -0.2) is 4.39 Å². The molecule has 8 heteroatoms. The molecule has 0 bridgehead atoms. The van der Waals surface area contributed by atoms with Crippen molar-refractivity contribution in [1.82, 2.24) is 4.57 Å². The van der Waals surface area contributed by atoms with Crippen LogP contribution in [0, 0.1) is 12.7 Å². The molecule has 3 aromatic rings. The average molecular weight is 388 g/mol. The number of carbonyl (C=O) groups is 2. The van der Waals surface area contributed by atoms with Gasteiger partial charge in [-0.1, -0.05) is 29.5 Å². The molecule has 0 N–H and O–H groups in total. The number of hydrogen-bond donors (Lipinski definition) is 0. The molecular weight excluding hydrogens is 371 g/mol. The molecule has 3 rings (SSSR count). The number of nitrogens with zero attached hydrogens (tertiary/aromatic N) is 2. The Kier molecular flexibility index (Phi) is 5.66. The maximum Gasteiger partial charge on any atom is 0.325 e. The van der Waals surface area contributed by atoms with Gasteiger partial charge in [0.1, 0.15) is 6.54 Å². The molecule has 0 atom stereocenters. The molecule has 0 aliphatic heterocycles. The second-order valence-corrected chi connectivity index (χ2v) is 6.75. The Morgan fingerprint density at radius 2 is 2.00 bits per heavy atom. The van der Waals surface area contributed by atoms with Crippen molar-refractivity contribution in [3.05, 3.63) is 58.6 Å². The molecule has 27 heavy (non-hydrogen) atoms. The Hall–Kier alpha value is -3.00. The summed E-state index contributed by atoms with van der Waals surface area (Å²) in [7, 11) is 1.30. The van der Waals surface area contributed by atoms with Gasteiger partial charge in [-0.15, -0.1) is 0 Å². The summed E-state index contributed by atoms with van der Waals surface area (Å²) in [5.41, 5.74) is 1.83. The maximum absolute atomic E-state index is 13.6. The first-order chi connectivity index (χ1) is 13.0. The van der Waals surface area contributed by atoms with Crippen LogP contribution in [0.4, 0.5) is 4.39 Å². The topological polar surface area (TPSA) is 69.9 Å². The lowest BCUT2D eigenvalue weighted by Gasteiger charge is -2.05. The van der Waals surface area contributed by atoms with Crippen LogP contribution >= 0.6 is 11.3 Å². The van der Waals surface area contributed by atoms with Crippen LogP contribution < -0.4 is 9.54 Å². The first-order valence-electron chi connectivity index (χ1n) is 8.09. The van der Waals surface area contributed by atoms with Crippen LogP contribution in [0.25, 0.3) is 10.2 Å². The minimum atomic E-state index is -0.583. The lowest BCUT2D eigenvalue weighted by molar-refractivity contribution is -0.141. The fraction of sp³-hybridized carbons (Fsp3) is 0.211. The SMILES string of the molecule is COC(=O)Cn1c(=NC(=O)COc2ccccc2F)sc2cc(C)ccc21. The predicted molar refractivity (Wildman–Crippen MR) is 99.0 cm³/mol. The van der Waals surface area contributed by atoms with E-state index in [1.165, 1.54) is 36.6 Å². The van der Waals surface area contributed by atoms with Gasteiger partial charge < -0.3 is 14.0 Å². The van der Waals surface area contributed by atoms with Crippen LogP contribution in [0.15, 0.2) is 47.5 Å². The number of carbonyl (C=O) groups excluding carboxylic acids is 2. The lowest BCUT2D eigenvalue weighted by Crippen LogP contribution is -2.23. The predicted octanol–water partition coefficient (Wildman–Crippen LogP) is 2.83. The highest BCUT2D eigenvalue weighted by molar-refractivity contribution is 7.16. The van der Waals surface area contributed by atoms with E-state index < -0.39 is 24.3 Å². The number of benzene rings is 2. The standard InChI is InChI=1S/C19H17FN2O4S/c1-12-7-8-14-16(9-12)27-19(22(14)10-18(24)25-2)21-17(23)11-26-15-6-4-3-5-13(15)20/h3-9H,10-11H2,1-2H3. The third kappa shape index (κ3) is 4.40. The largest absolute Gasteiger partial charge is 0.481 e. The summed E-state index contributed by atoms with van der Waals surface area (Å²) in [5.74, 6) is -1.61. The van der Waals surface area contributed by atoms with Crippen molar-refractivity contribution in [3.8, 4) is 5.75 Å². The van der Waals surface area contributed by atoms with E-state index in [-0.39, 0.29) is 12.3 Å². The Morgan fingerprint density at radius 3 is 2.74 bits per heavy atom. The van der Waals surface area contributed by atoms with Gasteiger partial charge in [0.25, 0.3) is 5.91 Å². The zero-order valence-corrected chi connectivity index (χ0v) is 15.6. The third-order valence-corrected chi connectivity index (χ3v) is 4.80. The second-order valence-electron chi connectivity index (χ2n) is 5.74. The van der Waals surface area contributed by atoms with Gasteiger partial charge in [0, 0.05) is 0 Å². The van der Waals surface area contributed by atoms with Gasteiger partial charge in [-0.3, -0.25) is 9.59 Å². The molecule has 0 spiro atoms. The number of ether oxygens (including phenoxy) is 2. The van der Waals surface area contributed by atoms with E-state index >= 15 is 0 Å². The van der Waals surface area contributed by atoms with Crippen LogP contribution in [0.3, 0.4) is 0 Å². The van der Waals surface area contributed by atoms with E-state index in [1.807, 2.05) is 25.1 Å². The number of methoxy groups -OCH3 is 1. The van der Waals surface area contributed by atoms with Crippen molar-refractivity contribution >= 4 is 33.4 Å². The molecule has 0 saturated carbocycles. The molecular formula is C19H17FN2O4S. The summed E-state index contributed by atoms with van der Waals surface area (Å²) in [4.78, 5) is 28.4. The van der Waals surface area contributed by atoms with Crippen LogP contribution in [0.1, 0.15) is 5.56 Å². The first kappa shape index (κ1) is 18.8. The molecule has 1 aromatic heterocycles. The van der Waals surface area contributed by atoms with E-state index in [0.717, 1.165) is 15.8 Å². The summed E-state index contributed by atoms with van der Waals surface area (Å²) in [6.07, 6.45) is 0. The summed E-state index contributed by atoms with van der Waals surface area (Å²) in [6.45, 7) is 1.47. The van der Waals surface area contributed by atoms with E-state index in [4.69, 9.17) is 9.47 Å². The molecule has 2 aromatic carbocycles. The minimum absolute atomic E-state index is 0.0181. The van der Waals surface area contributed by atoms with Gasteiger partial charge in [0.2, 0.25) is 0 Å². The van der Waals surface area contributed by atoms with Crippen molar-refractivity contribution in [3.63, 3.8) is 0 Å². The van der Waals surface area contributed by atoms with Gasteiger partial charge in [-0.2, -0.15) is 4.99 Å². The molecule has 0 aliphatic carbocycles. The Labute approximate surface area is 158 Å². The normalized spacial score (nSPS) is 11.6. The quantitative estimate of drug-likeness (QED) is 0.630. The van der Waals surface area contributed by atoms with Crippen molar-refractivity contribution < 1.29 is 23.5 Å². The number of para-hydroxylation sites is 1. The average Bonchev–Trinajstić information content (AvgIpc) is 2.97. The highest BCUT2D eigenvalue weighted by atomic mass is 32.1. The summed E-state index contributed by atoms with van der Waals surface area (Å²) in [5, 5.41) is 0. The molecule has 0 radical (unpaired) electrons. The molecule has 1 heterocycles. The molecule has 0 saturated heterocycles. The highest BCUT2D eigenvalue weighted by Gasteiger charge is 2.12. The Bertz CT molecular complexity index is 1070. The maximum atomic E-state index is 13.6. The fourth-order valence-corrected chi connectivity index (χ4v) is 3.60. The van der Waals surface area contributed by atoms with Gasteiger partial charge >= 0.3 is 5.97 Å². The molecule has 6 nitrogen and oxygen atoms in total. The number of amides is 1. The van der Waals surface area contributed by atoms with Crippen LogP contribution in [-0.4, -0.2) is 30.2 Å². The highest BCUT2D eigenvalue weighted by Crippen LogP contribution is 2.19. The lowest BCUT2D eigenvalue weighted by atomic mass is 10.2.